The second kappa shape index (κ2) is 4.31. The Kier molecular flexibility index (Phi) is 3.11. The zero-order chi connectivity index (χ0) is 12.3. The number of nitro groups is 1. The van der Waals surface area contributed by atoms with Gasteiger partial charge in [0.05, 0.1) is 23.2 Å². The van der Waals surface area contributed by atoms with Crippen molar-refractivity contribution in [3.05, 3.63) is 33.4 Å². The van der Waals surface area contributed by atoms with Crippen LogP contribution < -0.4 is 5.73 Å². The molecule has 2 N–H and O–H groups in total. The number of methoxy groups -OCH3 is 1. The van der Waals surface area contributed by atoms with E-state index < -0.39 is 16.6 Å². The van der Waals surface area contributed by atoms with E-state index in [-0.39, 0.29) is 16.8 Å². The van der Waals surface area contributed by atoms with Crippen molar-refractivity contribution < 1.29 is 14.5 Å². The number of anilines is 1. The lowest BCUT2D eigenvalue weighted by atomic mass is 10.1. The standard InChI is InChI=1S/C10H8N2O4/c1-3-6-4-7(10(13)16-2)5-8(9(6)11)12(14)15/h1,4-5H,11H2,2H3. The van der Waals surface area contributed by atoms with Gasteiger partial charge in [-0.2, -0.15) is 0 Å². The summed E-state index contributed by atoms with van der Waals surface area (Å²) in [6.07, 6.45) is 5.13. The van der Waals surface area contributed by atoms with E-state index in [0.717, 1.165) is 6.07 Å². The largest absolute Gasteiger partial charge is 0.465 e. The summed E-state index contributed by atoms with van der Waals surface area (Å²) in [6, 6.07) is 2.30. The van der Waals surface area contributed by atoms with E-state index in [2.05, 4.69) is 10.7 Å². The topological polar surface area (TPSA) is 95.5 Å². The van der Waals surface area contributed by atoms with Gasteiger partial charge in [-0.05, 0) is 6.07 Å². The number of nitrogens with two attached hydrogens (primary N) is 1. The Morgan fingerprint density at radius 1 is 1.62 bits per heavy atom. The fraction of sp³-hybridized carbons (Fsp3) is 0.100. The highest BCUT2D eigenvalue weighted by atomic mass is 16.6. The second-order valence-corrected chi connectivity index (χ2v) is 2.85. The molecule has 0 heterocycles. The van der Waals surface area contributed by atoms with Gasteiger partial charge in [-0.3, -0.25) is 10.1 Å². The van der Waals surface area contributed by atoms with Gasteiger partial charge in [0, 0.05) is 6.07 Å². The molecule has 0 saturated carbocycles. The van der Waals surface area contributed by atoms with E-state index in [9.17, 15) is 14.9 Å². The number of carbonyl (C=O) groups is 1. The first-order valence-electron chi connectivity index (χ1n) is 4.14. The molecule has 0 unspecified atom stereocenters. The average Bonchev–Trinajstić information content (AvgIpc) is 2.27. The minimum absolute atomic E-state index is 0.00338. The Morgan fingerprint density at radius 3 is 2.69 bits per heavy atom. The predicted molar refractivity (Wildman–Crippen MR) is 56.8 cm³/mol. The van der Waals surface area contributed by atoms with Gasteiger partial charge >= 0.3 is 5.97 Å². The normalized spacial score (nSPS) is 9.25. The van der Waals surface area contributed by atoms with Crippen LogP contribution in [-0.2, 0) is 4.74 Å². The molecule has 1 rings (SSSR count). The molecule has 1 aromatic carbocycles. The lowest BCUT2D eigenvalue weighted by molar-refractivity contribution is -0.383. The number of nitrogen functional groups attached to an aromatic ring is 1. The average molecular weight is 220 g/mol. The van der Waals surface area contributed by atoms with Crippen molar-refractivity contribution in [3.8, 4) is 12.3 Å². The minimum Gasteiger partial charge on any atom is -0.465 e. The maximum Gasteiger partial charge on any atom is 0.338 e. The summed E-state index contributed by atoms with van der Waals surface area (Å²) in [7, 11) is 1.17. The van der Waals surface area contributed by atoms with Gasteiger partial charge in [-0.25, -0.2) is 4.79 Å². The van der Waals surface area contributed by atoms with E-state index in [1.807, 2.05) is 0 Å². The van der Waals surface area contributed by atoms with Crippen LogP contribution in [0.3, 0.4) is 0 Å². The van der Waals surface area contributed by atoms with Crippen molar-refractivity contribution in [2.45, 2.75) is 0 Å². The van der Waals surface area contributed by atoms with E-state index in [0.29, 0.717) is 0 Å². The van der Waals surface area contributed by atoms with Crippen molar-refractivity contribution in [1.29, 1.82) is 0 Å². The van der Waals surface area contributed by atoms with Crippen molar-refractivity contribution in [2.75, 3.05) is 12.8 Å². The van der Waals surface area contributed by atoms with Crippen LogP contribution in [0.1, 0.15) is 15.9 Å². The van der Waals surface area contributed by atoms with Crippen molar-refractivity contribution in [2.24, 2.45) is 0 Å². The number of hydrogen-bond acceptors (Lipinski definition) is 5. The quantitative estimate of drug-likeness (QED) is 0.263. The molecule has 0 saturated heterocycles. The SMILES string of the molecule is C#Cc1cc(C(=O)OC)cc([N+](=O)[O-])c1N. The van der Waals surface area contributed by atoms with E-state index in [1.54, 1.807) is 0 Å². The lowest BCUT2D eigenvalue weighted by Crippen LogP contribution is -2.06. The molecule has 0 atom stereocenters. The fourth-order valence-corrected chi connectivity index (χ4v) is 1.14. The number of nitro benzene ring substituents is 1. The van der Waals surface area contributed by atoms with E-state index >= 15 is 0 Å². The van der Waals surface area contributed by atoms with Crippen LogP contribution in [-0.4, -0.2) is 18.0 Å². The Morgan fingerprint density at radius 2 is 2.25 bits per heavy atom. The molecule has 0 aromatic heterocycles. The molecule has 0 spiro atoms. The second-order valence-electron chi connectivity index (χ2n) is 2.85. The van der Waals surface area contributed by atoms with E-state index in [1.165, 1.54) is 13.2 Å². The van der Waals surface area contributed by atoms with Crippen molar-refractivity contribution >= 4 is 17.3 Å². The lowest BCUT2D eigenvalue weighted by Gasteiger charge is -2.04. The van der Waals surface area contributed by atoms with Crippen LogP contribution in [0.2, 0.25) is 0 Å². The zero-order valence-corrected chi connectivity index (χ0v) is 8.39. The molecule has 16 heavy (non-hydrogen) atoms. The number of benzene rings is 1. The molecular formula is C10H8N2O4. The van der Waals surface area contributed by atoms with E-state index in [4.69, 9.17) is 12.2 Å². The molecule has 1 aromatic rings. The smallest absolute Gasteiger partial charge is 0.338 e. The van der Waals surface area contributed by atoms with Gasteiger partial charge in [0.2, 0.25) is 0 Å². The monoisotopic (exact) mass is 220 g/mol. The number of carbonyl (C=O) groups excluding carboxylic acids is 1. The van der Waals surface area contributed by atoms with Gasteiger partial charge in [-0.15, -0.1) is 6.42 Å². The van der Waals surface area contributed by atoms with Crippen LogP contribution >= 0.6 is 0 Å². The highest BCUT2D eigenvalue weighted by molar-refractivity contribution is 5.92. The first-order valence-corrected chi connectivity index (χ1v) is 4.14. The number of esters is 1. The summed E-state index contributed by atoms with van der Waals surface area (Å²) in [6.45, 7) is 0. The van der Waals surface area contributed by atoms with Crippen LogP contribution in [0.4, 0.5) is 11.4 Å². The molecule has 0 amide bonds. The number of terminal acetylenes is 1. The number of hydrogen-bond donors (Lipinski definition) is 1. The van der Waals surface area contributed by atoms with Gasteiger partial charge in [0.1, 0.15) is 5.69 Å². The third-order valence-electron chi connectivity index (χ3n) is 1.93. The maximum atomic E-state index is 11.2. The molecule has 6 nitrogen and oxygen atoms in total. The van der Waals surface area contributed by atoms with Crippen LogP contribution in [0.5, 0.6) is 0 Å². The summed E-state index contributed by atoms with van der Waals surface area (Å²) >= 11 is 0. The van der Waals surface area contributed by atoms with Gasteiger partial charge < -0.3 is 10.5 Å². The Bertz CT molecular complexity index is 502. The van der Waals surface area contributed by atoms with Crippen LogP contribution in [0.25, 0.3) is 0 Å². The zero-order valence-electron chi connectivity index (χ0n) is 8.39. The fourth-order valence-electron chi connectivity index (χ4n) is 1.14. The minimum atomic E-state index is -0.709. The first kappa shape index (κ1) is 11.5. The number of rotatable bonds is 2. The Hall–Kier alpha value is -2.55. The maximum absolute atomic E-state index is 11.2. The molecular weight excluding hydrogens is 212 g/mol. The molecule has 6 heteroatoms. The first-order chi connectivity index (χ1) is 7.51. The van der Waals surface area contributed by atoms with Crippen molar-refractivity contribution in [1.82, 2.24) is 0 Å². The van der Waals surface area contributed by atoms with Crippen LogP contribution in [0.15, 0.2) is 12.1 Å². The summed E-state index contributed by atoms with van der Waals surface area (Å²) in [4.78, 5) is 21.2. The summed E-state index contributed by atoms with van der Waals surface area (Å²) < 4.78 is 4.44. The Balaban J connectivity index is 3.47. The number of nitrogens with zero attached hydrogens (tertiary/aromatic N) is 1. The molecule has 0 bridgehead atoms. The summed E-state index contributed by atoms with van der Waals surface area (Å²) in [5.74, 6) is 1.46. The highest BCUT2D eigenvalue weighted by Gasteiger charge is 2.19. The van der Waals surface area contributed by atoms with Crippen LogP contribution in [0, 0.1) is 22.5 Å². The molecule has 82 valence electrons. The molecule has 0 aliphatic rings. The van der Waals surface area contributed by atoms with Gasteiger partial charge in [0.15, 0.2) is 0 Å². The third kappa shape index (κ3) is 1.93. The summed E-state index contributed by atoms with van der Waals surface area (Å²) in [5, 5.41) is 10.7. The molecule has 0 radical (unpaired) electrons. The summed E-state index contributed by atoms with van der Waals surface area (Å²) in [5.41, 5.74) is 5.01. The predicted octanol–water partition coefficient (Wildman–Crippen LogP) is 0.945. The van der Waals surface area contributed by atoms with Gasteiger partial charge in [0.25, 0.3) is 5.69 Å². The molecule has 0 aliphatic carbocycles. The Labute approximate surface area is 91.2 Å². The van der Waals surface area contributed by atoms with Gasteiger partial charge in [-0.1, -0.05) is 5.92 Å². The van der Waals surface area contributed by atoms with Crippen molar-refractivity contribution in [3.63, 3.8) is 0 Å². The number of ether oxygens (including phenoxy) is 1. The third-order valence-corrected chi connectivity index (χ3v) is 1.93. The molecule has 0 fully saturated rings. The highest BCUT2D eigenvalue weighted by Crippen LogP contribution is 2.26. The molecule has 0 aliphatic heterocycles.